The molecule has 11 heteroatoms. The summed E-state index contributed by atoms with van der Waals surface area (Å²) in [6, 6.07) is 8.25. The quantitative estimate of drug-likeness (QED) is 0.357. The van der Waals surface area contributed by atoms with E-state index in [0.29, 0.717) is 16.6 Å². The van der Waals surface area contributed by atoms with Crippen molar-refractivity contribution in [3.63, 3.8) is 0 Å². The summed E-state index contributed by atoms with van der Waals surface area (Å²) in [7, 11) is 0. The summed E-state index contributed by atoms with van der Waals surface area (Å²) in [6.45, 7) is -1.71. The number of imidazole rings is 1. The van der Waals surface area contributed by atoms with Crippen LogP contribution in [0.2, 0.25) is 0 Å². The molecule has 1 fully saturated rings. The van der Waals surface area contributed by atoms with E-state index in [9.17, 15) is 17.6 Å². The van der Waals surface area contributed by atoms with Crippen molar-refractivity contribution in [1.82, 2.24) is 14.5 Å². The molecule has 0 radical (unpaired) electrons. The predicted molar refractivity (Wildman–Crippen MR) is 118 cm³/mol. The number of hydrogen-bond donors (Lipinski definition) is 0. The second kappa shape index (κ2) is 8.12. The van der Waals surface area contributed by atoms with E-state index < -0.39 is 30.3 Å². The van der Waals surface area contributed by atoms with Crippen molar-refractivity contribution in [2.75, 3.05) is 13.2 Å². The van der Waals surface area contributed by atoms with Gasteiger partial charge in [0.05, 0.1) is 0 Å². The number of ether oxygens (including phenoxy) is 2. The summed E-state index contributed by atoms with van der Waals surface area (Å²) in [5.74, 6) is 0.997. The fraction of sp³-hybridized carbons (Fsp3) is 0.292. The van der Waals surface area contributed by atoms with E-state index >= 15 is 4.39 Å². The van der Waals surface area contributed by atoms with E-state index in [1.165, 1.54) is 31.3 Å². The Morgan fingerprint density at radius 1 is 1.20 bits per heavy atom. The van der Waals surface area contributed by atoms with E-state index in [2.05, 4.69) is 14.7 Å². The van der Waals surface area contributed by atoms with Gasteiger partial charge in [-0.1, -0.05) is 0 Å². The van der Waals surface area contributed by atoms with Gasteiger partial charge in [0.15, 0.2) is 0 Å². The van der Waals surface area contributed by atoms with Crippen molar-refractivity contribution in [2.45, 2.75) is 30.9 Å². The van der Waals surface area contributed by atoms with Crippen molar-refractivity contribution in [3.8, 4) is 16.9 Å². The number of hydrogen-bond acceptors (Lipinski definition) is 4. The molecule has 2 aliphatic heterocycles. The summed E-state index contributed by atoms with van der Waals surface area (Å²) in [5, 5.41) is 0. The van der Waals surface area contributed by atoms with E-state index in [4.69, 9.17) is 4.74 Å². The maximum absolute atomic E-state index is 15.0. The first-order valence-electron chi connectivity index (χ1n) is 11.0. The van der Waals surface area contributed by atoms with Crippen molar-refractivity contribution < 1.29 is 31.4 Å². The first kappa shape index (κ1) is 22.1. The summed E-state index contributed by atoms with van der Waals surface area (Å²) >= 11 is 0. The first-order chi connectivity index (χ1) is 16.8. The second-order valence-corrected chi connectivity index (χ2v) is 8.69. The average Bonchev–Trinajstić information content (AvgIpc) is 3.34. The van der Waals surface area contributed by atoms with E-state index in [1.807, 2.05) is 0 Å². The molecule has 5 nitrogen and oxygen atoms in total. The second-order valence-electron chi connectivity index (χ2n) is 8.69. The van der Waals surface area contributed by atoms with Gasteiger partial charge >= 0.3 is 196 Å². The molecule has 0 N–H and O–H groups in total. The normalized spacial score (nSPS) is 20.6. The summed E-state index contributed by atoms with van der Waals surface area (Å²) in [6.07, 6.45) is -0.113. The van der Waals surface area contributed by atoms with Crippen molar-refractivity contribution in [1.29, 1.82) is 0 Å². The Hall–Kier alpha value is -3.34. The van der Waals surface area contributed by atoms with Crippen molar-refractivity contribution in [3.05, 3.63) is 71.4 Å². The minimum absolute atomic E-state index is 0.0223. The molecule has 0 bridgehead atoms. The number of fused-ring (bicyclic) bond motifs is 3. The predicted octanol–water partition coefficient (Wildman–Crippen LogP) is 5.38. The fourth-order valence-electron chi connectivity index (χ4n) is 4.78. The Morgan fingerprint density at radius 2 is 2.00 bits per heavy atom. The molecule has 4 heterocycles. The monoisotopic (exact) mass is 485 g/mol. The van der Waals surface area contributed by atoms with Gasteiger partial charge in [-0.2, -0.15) is 0 Å². The molecule has 2 aromatic heterocycles. The topological polar surface area (TPSA) is 49.2 Å². The van der Waals surface area contributed by atoms with Gasteiger partial charge in [-0.25, -0.2) is 0 Å². The van der Waals surface area contributed by atoms with Crippen LogP contribution in [0.15, 0.2) is 48.6 Å². The summed E-state index contributed by atoms with van der Waals surface area (Å²) < 4.78 is 81.7. The zero-order chi connectivity index (χ0) is 24.3. The van der Waals surface area contributed by atoms with E-state index in [0.717, 1.165) is 0 Å². The molecular formula is C24H17BF5N3O2. The molecule has 2 atom stereocenters. The van der Waals surface area contributed by atoms with Crippen LogP contribution in [-0.4, -0.2) is 41.3 Å². The van der Waals surface area contributed by atoms with Crippen LogP contribution >= 0.6 is 0 Å². The molecule has 35 heavy (non-hydrogen) atoms. The van der Waals surface area contributed by atoms with Crippen LogP contribution in [0.3, 0.4) is 0 Å². The molecule has 1 unspecified atom stereocenters. The van der Waals surface area contributed by atoms with Crippen LogP contribution in [0.4, 0.5) is 22.0 Å². The van der Waals surface area contributed by atoms with Gasteiger partial charge in [0, 0.05) is 0 Å². The van der Waals surface area contributed by atoms with Crippen LogP contribution in [0.1, 0.15) is 35.6 Å². The zero-order valence-electron chi connectivity index (χ0n) is 18.1. The third-order valence-electron chi connectivity index (χ3n) is 6.52. The van der Waals surface area contributed by atoms with Gasteiger partial charge in [-0.3, -0.25) is 0 Å². The van der Waals surface area contributed by atoms with Crippen molar-refractivity contribution >= 4 is 17.9 Å². The molecule has 2 aliphatic rings. The molecule has 0 amide bonds. The van der Waals surface area contributed by atoms with Gasteiger partial charge < -0.3 is 0 Å². The SMILES string of the molecule is Fc1cc2nc3n(c2cc1-c1cbc(C2(F)COC2)nc1)[C@@H](c1ccccc1OC(F)F)CC3F. The number of aromatic nitrogens is 3. The molecule has 6 rings (SSSR count). The summed E-state index contributed by atoms with van der Waals surface area (Å²) in [5.41, 5.74) is 0.184. The number of nitrogens with zero attached hydrogens (tertiary/aromatic N) is 3. The minimum atomic E-state index is -3.04. The van der Waals surface area contributed by atoms with Crippen LogP contribution in [0, 0.1) is 5.82 Å². The van der Waals surface area contributed by atoms with Crippen LogP contribution in [-0.2, 0) is 10.4 Å². The van der Waals surface area contributed by atoms with E-state index in [1.54, 1.807) is 28.7 Å². The Labute approximate surface area is 196 Å². The summed E-state index contributed by atoms with van der Waals surface area (Å²) in [4.78, 5) is 8.43. The number of benzene rings is 2. The molecular weight excluding hydrogens is 468 g/mol. The molecule has 0 spiro atoms. The van der Waals surface area contributed by atoms with Gasteiger partial charge in [0.2, 0.25) is 0 Å². The van der Waals surface area contributed by atoms with Gasteiger partial charge in [-0.15, -0.1) is 0 Å². The fourth-order valence-corrected chi connectivity index (χ4v) is 4.78. The van der Waals surface area contributed by atoms with Crippen LogP contribution < -0.4 is 4.74 Å². The molecule has 0 aliphatic carbocycles. The number of alkyl halides is 4. The molecule has 4 aromatic rings. The Balaban J connectivity index is 1.45. The van der Waals surface area contributed by atoms with E-state index in [-0.39, 0.29) is 47.9 Å². The van der Waals surface area contributed by atoms with Crippen LogP contribution in [0.5, 0.6) is 5.75 Å². The Bertz CT molecular complexity index is 1420. The Kier molecular flexibility index (Phi) is 5.14. The van der Waals surface area contributed by atoms with Gasteiger partial charge in [0.25, 0.3) is 0 Å². The molecule has 0 saturated carbocycles. The standard InChI is InChI=1S/C24H17BF5N3O2/c26-15-6-17-19(5-14(15)12-8-25-22(31-9-12)24(30)10-34-11-24)33-18(7-16(27)21(33)32-17)13-3-1-2-4-20(13)35-23(28)29/h1-6,8-9,16,18,23H,7,10-11H2/t16?,18-/m1/s1. The molecule has 2 aromatic carbocycles. The number of rotatable bonds is 5. The molecule has 178 valence electrons. The van der Waals surface area contributed by atoms with Gasteiger partial charge in [-0.05, 0) is 0 Å². The number of para-hydroxylation sites is 1. The molecule has 1 saturated heterocycles. The first-order valence-corrected chi connectivity index (χ1v) is 11.0. The third kappa shape index (κ3) is 3.60. The van der Waals surface area contributed by atoms with Crippen LogP contribution in [0.25, 0.3) is 22.2 Å². The average molecular weight is 485 g/mol. The van der Waals surface area contributed by atoms with Crippen molar-refractivity contribution in [2.24, 2.45) is 0 Å². The van der Waals surface area contributed by atoms with Gasteiger partial charge in [0.1, 0.15) is 0 Å². The Morgan fingerprint density at radius 3 is 2.69 bits per heavy atom. The third-order valence-corrected chi connectivity index (χ3v) is 6.52. The number of halogens is 5. The zero-order valence-corrected chi connectivity index (χ0v) is 18.1. The maximum atomic E-state index is 15.0.